The lowest BCUT2D eigenvalue weighted by Gasteiger charge is -2.07. The quantitative estimate of drug-likeness (QED) is 0.511. The summed E-state index contributed by atoms with van der Waals surface area (Å²) in [5.41, 5.74) is 2.31. The number of oxazole rings is 1. The number of aromatic nitrogens is 1. The molecule has 7 nitrogen and oxygen atoms in total. The largest absolute Gasteiger partial charge is 0.507 e. The maximum Gasteiger partial charge on any atom is 0.255 e. The molecule has 0 saturated heterocycles. The van der Waals surface area contributed by atoms with Crippen LogP contribution in [0.2, 0.25) is 0 Å². The number of phenolic OH excluding ortho intramolecular Hbond substituents is 1. The van der Waals surface area contributed by atoms with Gasteiger partial charge in [-0.2, -0.15) is 0 Å². The number of nitrogens with zero attached hydrogens (tertiary/aromatic N) is 1. The molecule has 3 N–H and O–H groups in total. The predicted molar refractivity (Wildman–Crippen MR) is 108 cm³/mol. The number of hydrogen-bond acceptors (Lipinski definition) is 5. The fourth-order valence-corrected chi connectivity index (χ4v) is 2.72. The fourth-order valence-electron chi connectivity index (χ4n) is 2.72. The van der Waals surface area contributed by atoms with Gasteiger partial charge in [-0.25, -0.2) is 4.98 Å². The van der Waals surface area contributed by atoms with E-state index in [1.807, 2.05) is 31.2 Å². The molecule has 0 aliphatic carbocycles. The third-order valence-electron chi connectivity index (χ3n) is 4.34. The van der Waals surface area contributed by atoms with E-state index in [0.29, 0.717) is 24.6 Å². The van der Waals surface area contributed by atoms with E-state index in [-0.39, 0.29) is 36.1 Å². The fraction of sp³-hybridized carbons (Fsp3) is 0.227. The predicted octanol–water partition coefficient (Wildman–Crippen LogP) is 2.83. The molecule has 0 spiro atoms. The van der Waals surface area contributed by atoms with Gasteiger partial charge in [0.15, 0.2) is 11.7 Å². The maximum atomic E-state index is 12.0. The molecule has 0 unspecified atom stereocenters. The van der Waals surface area contributed by atoms with Crippen molar-refractivity contribution >= 4 is 11.8 Å². The second-order valence-corrected chi connectivity index (χ2v) is 6.61. The average molecular weight is 393 g/mol. The van der Waals surface area contributed by atoms with Crippen LogP contribution in [0.3, 0.4) is 0 Å². The minimum atomic E-state index is -0.388. The van der Waals surface area contributed by atoms with Gasteiger partial charge in [-0.1, -0.05) is 42.0 Å². The number of aromatic hydroxyl groups is 1. The van der Waals surface area contributed by atoms with E-state index in [4.69, 9.17) is 4.42 Å². The highest BCUT2D eigenvalue weighted by Gasteiger charge is 2.11. The summed E-state index contributed by atoms with van der Waals surface area (Å²) in [6.45, 7) is 2.57. The number of amides is 2. The molecule has 0 fully saturated rings. The van der Waals surface area contributed by atoms with E-state index >= 15 is 0 Å². The topological polar surface area (TPSA) is 104 Å². The molecule has 2 amide bonds. The van der Waals surface area contributed by atoms with Crippen LogP contribution < -0.4 is 10.6 Å². The van der Waals surface area contributed by atoms with Crippen molar-refractivity contribution in [3.8, 4) is 17.1 Å². The van der Waals surface area contributed by atoms with Crippen molar-refractivity contribution in [3.63, 3.8) is 0 Å². The van der Waals surface area contributed by atoms with Gasteiger partial charge < -0.3 is 20.2 Å². The lowest BCUT2D eigenvalue weighted by atomic mass is 10.1. The molecule has 7 heteroatoms. The van der Waals surface area contributed by atoms with Crippen LogP contribution >= 0.6 is 0 Å². The first-order chi connectivity index (χ1) is 14.0. The van der Waals surface area contributed by atoms with Gasteiger partial charge in [0.05, 0.1) is 11.8 Å². The van der Waals surface area contributed by atoms with Crippen molar-refractivity contribution in [2.24, 2.45) is 0 Å². The highest BCUT2D eigenvalue weighted by Crippen LogP contribution is 2.21. The molecule has 3 rings (SSSR count). The zero-order valence-electron chi connectivity index (χ0n) is 16.1. The summed E-state index contributed by atoms with van der Waals surface area (Å²) in [4.78, 5) is 28.1. The highest BCUT2D eigenvalue weighted by atomic mass is 16.4. The molecule has 0 aliphatic heterocycles. The maximum absolute atomic E-state index is 12.0. The van der Waals surface area contributed by atoms with E-state index in [1.54, 1.807) is 18.3 Å². The van der Waals surface area contributed by atoms with Crippen molar-refractivity contribution in [1.29, 1.82) is 0 Å². The Balaban J connectivity index is 1.38. The van der Waals surface area contributed by atoms with Crippen molar-refractivity contribution < 1.29 is 19.1 Å². The Labute approximate surface area is 168 Å². The van der Waals surface area contributed by atoms with Gasteiger partial charge in [-0.15, -0.1) is 0 Å². The highest BCUT2D eigenvalue weighted by molar-refractivity contribution is 5.96. The van der Waals surface area contributed by atoms with Crippen LogP contribution in [0.1, 0.15) is 28.2 Å². The Morgan fingerprint density at radius 3 is 2.52 bits per heavy atom. The van der Waals surface area contributed by atoms with Gasteiger partial charge >= 0.3 is 0 Å². The van der Waals surface area contributed by atoms with Crippen molar-refractivity contribution in [3.05, 3.63) is 71.7 Å². The normalized spacial score (nSPS) is 10.5. The number of hydrogen-bond donors (Lipinski definition) is 3. The monoisotopic (exact) mass is 393 g/mol. The summed E-state index contributed by atoms with van der Waals surface area (Å²) in [5.74, 6) is 0.554. The van der Waals surface area contributed by atoms with Gasteiger partial charge in [-0.3, -0.25) is 9.59 Å². The molecule has 0 atom stereocenters. The Bertz CT molecular complexity index is 980. The summed E-state index contributed by atoms with van der Waals surface area (Å²) < 4.78 is 5.71. The van der Waals surface area contributed by atoms with Crippen molar-refractivity contribution in [2.75, 3.05) is 13.1 Å². The Morgan fingerprint density at radius 1 is 1.03 bits per heavy atom. The zero-order chi connectivity index (χ0) is 20.6. The van der Waals surface area contributed by atoms with Gasteiger partial charge in [0.1, 0.15) is 5.75 Å². The molecule has 29 heavy (non-hydrogen) atoms. The van der Waals surface area contributed by atoms with Crippen molar-refractivity contribution in [2.45, 2.75) is 19.8 Å². The van der Waals surface area contributed by atoms with E-state index in [2.05, 4.69) is 15.6 Å². The number of carbonyl (C=O) groups is 2. The number of nitrogens with one attached hydrogen (secondary N) is 2. The molecule has 0 aliphatic rings. The Morgan fingerprint density at radius 2 is 1.76 bits per heavy atom. The molecule has 0 saturated carbocycles. The number of carbonyl (C=O) groups excluding carboxylic acids is 2. The lowest BCUT2D eigenvalue weighted by molar-refractivity contribution is -0.121. The molecular weight excluding hydrogens is 370 g/mol. The van der Waals surface area contributed by atoms with Crippen LogP contribution in [0.15, 0.2) is 59.1 Å². The minimum absolute atomic E-state index is 0.0787. The van der Waals surface area contributed by atoms with Crippen LogP contribution in [0.4, 0.5) is 0 Å². The Kier molecular flexibility index (Phi) is 6.63. The average Bonchev–Trinajstić information content (AvgIpc) is 3.19. The molecule has 3 aromatic rings. The number of rotatable bonds is 8. The zero-order valence-corrected chi connectivity index (χ0v) is 16.1. The minimum Gasteiger partial charge on any atom is -0.507 e. The molecule has 0 radical (unpaired) electrons. The smallest absolute Gasteiger partial charge is 0.255 e. The summed E-state index contributed by atoms with van der Waals surface area (Å²) in [6.07, 6.45) is 2.29. The van der Waals surface area contributed by atoms with Crippen LogP contribution in [0.5, 0.6) is 5.75 Å². The standard InChI is InChI=1S/C22H23N3O4/c1-15-6-8-16(9-7-15)19-14-25-21(29-19)11-10-20(27)23-12-13-24-22(28)17-4-2-3-5-18(17)26/h2-9,14,26H,10-13H2,1H3,(H,23,27)(H,24,28). The molecular formula is C22H23N3O4. The number of phenols is 1. The summed E-state index contributed by atoms with van der Waals surface area (Å²) in [7, 11) is 0. The second-order valence-electron chi connectivity index (χ2n) is 6.61. The van der Waals surface area contributed by atoms with Crippen LogP contribution in [0, 0.1) is 6.92 Å². The van der Waals surface area contributed by atoms with Crippen molar-refractivity contribution in [1.82, 2.24) is 15.6 Å². The Hall–Kier alpha value is -3.61. The molecule has 2 aromatic carbocycles. The van der Waals surface area contributed by atoms with Crippen LogP contribution in [0.25, 0.3) is 11.3 Å². The van der Waals surface area contributed by atoms with E-state index in [0.717, 1.165) is 5.56 Å². The van der Waals surface area contributed by atoms with E-state index < -0.39 is 0 Å². The summed E-state index contributed by atoms with van der Waals surface area (Å²) >= 11 is 0. The third kappa shape index (κ3) is 5.68. The summed E-state index contributed by atoms with van der Waals surface area (Å²) in [5, 5.41) is 15.0. The van der Waals surface area contributed by atoms with Gasteiger partial charge in [0, 0.05) is 31.5 Å². The van der Waals surface area contributed by atoms with Gasteiger partial charge in [0.2, 0.25) is 5.91 Å². The van der Waals surface area contributed by atoms with Crippen LogP contribution in [-0.4, -0.2) is 35.0 Å². The van der Waals surface area contributed by atoms with Gasteiger partial charge in [-0.05, 0) is 19.1 Å². The second kappa shape index (κ2) is 9.54. The molecule has 1 heterocycles. The third-order valence-corrected chi connectivity index (χ3v) is 4.34. The number of aryl methyl sites for hydroxylation is 2. The lowest BCUT2D eigenvalue weighted by Crippen LogP contribution is -2.34. The molecule has 0 bridgehead atoms. The number of para-hydroxylation sites is 1. The summed E-state index contributed by atoms with van der Waals surface area (Å²) in [6, 6.07) is 14.2. The van der Waals surface area contributed by atoms with Crippen LogP contribution in [-0.2, 0) is 11.2 Å². The molecule has 1 aromatic heterocycles. The molecule has 150 valence electrons. The first-order valence-corrected chi connectivity index (χ1v) is 9.37. The van der Waals surface area contributed by atoms with Gasteiger partial charge in [0.25, 0.3) is 5.91 Å². The first kappa shape index (κ1) is 20.1. The van der Waals surface area contributed by atoms with E-state index in [9.17, 15) is 14.7 Å². The number of benzene rings is 2. The SMILES string of the molecule is Cc1ccc(-c2cnc(CCC(=O)NCCNC(=O)c3ccccc3O)o2)cc1. The first-order valence-electron chi connectivity index (χ1n) is 9.37. The van der Waals surface area contributed by atoms with E-state index in [1.165, 1.54) is 17.7 Å².